The first-order valence-corrected chi connectivity index (χ1v) is 13.7. The summed E-state index contributed by atoms with van der Waals surface area (Å²) in [5.74, 6) is -2.08. The average Bonchev–Trinajstić information content (AvgIpc) is 2.78. The highest BCUT2D eigenvalue weighted by Crippen LogP contribution is 2.37. The zero-order valence-corrected chi connectivity index (χ0v) is 22.3. The van der Waals surface area contributed by atoms with Gasteiger partial charge in [-0.3, -0.25) is 4.79 Å². The second-order valence-corrected chi connectivity index (χ2v) is 14.3. The minimum absolute atomic E-state index is 0.0372. The standard InChI is InChI=1S/C26H35F3N2O4Si/c1-19(2)31(24(33)34)17-16-20(30-23(32)26(27,28)29)18-35-36(25(3,4)5,21-12-8-6-9-13-21)22-14-10-7-11-15-22/h6-15,19-20H,16-18H2,1-5H3,(H,30,32)(H,33,34)/t20-/m0/s1. The topological polar surface area (TPSA) is 78.9 Å². The third-order valence-electron chi connectivity index (χ3n) is 6.10. The lowest BCUT2D eigenvalue weighted by atomic mass is 10.2. The quantitative estimate of drug-likeness (QED) is 0.452. The summed E-state index contributed by atoms with van der Waals surface area (Å²) in [5.41, 5.74) is 0. The van der Waals surface area contributed by atoms with Gasteiger partial charge in [0, 0.05) is 12.6 Å². The van der Waals surface area contributed by atoms with Crippen molar-refractivity contribution in [1.82, 2.24) is 10.2 Å². The second-order valence-electron chi connectivity index (χ2n) is 10.0. The van der Waals surface area contributed by atoms with Crippen molar-refractivity contribution < 1.29 is 32.3 Å². The number of carboxylic acid groups (broad SMARTS) is 1. The fourth-order valence-corrected chi connectivity index (χ4v) is 8.93. The van der Waals surface area contributed by atoms with Crippen LogP contribution in [0.5, 0.6) is 0 Å². The molecule has 2 aromatic carbocycles. The molecule has 2 rings (SSSR count). The first-order chi connectivity index (χ1) is 16.7. The van der Waals surface area contributed by atoms with Crippen molar-refractivity contribution in [1.29, 1.82) is 0 Å². The summed E-state index contributed by atoms with van der Waals surface area (Å²) in [7, 11) is -3.07. The lowest BCUT2D eigenvalue weighted by Gasteiger charge is -2.43. The van der Waals surface area contributed by atoms with E-state index < -0.39 is 37.6 Å². The van der Waals surface area contributed by atoms with Crippen molar-refractivity contribution in [2.24, 2.45) is 0 Å². The molecule has 10 heteroatoms. The molecule has 0 aliphatic carbocycles. The van der Waals surface area contributed by atoms with E-state index in [0.29, 0.717) is 0 Å². The van der Waals surface area contributed by atoms with Crippen molar-refractivity contribution in [2.75, 3.05) is 13.2 Å². The summed E-state index contributed by atoms with van der Waals surface area (Å²) in [4.78, 5) is 24.5. The van der Waals surface area contributed by atoms with Gasteiger partial charge in [0.25, 0.3) is 8.32 Å². The Bertz CT molecular complexity index is 956. The maximum absolute atomic E-state index is 13.1. The predicted octanol–water partition coefficient (Wildman–Crippen LogP) is 4.39. The smallest absolute Gasteiger partial charge is 0.465 e. The lowest BCUT2D eigenvalue weighted by molar-refractivity contribution is -0.174. The fourth-order valence-electron chi connectivity index (χ4n) is 4.32. The Morgan fingerprint density at radius 3 is 1.81 bits per heavy atom. The van der Waals surface area contributed by atoms with Crippen LogP contribution in [-0.2, 0) is 9.22 Å². The average molecular weight is 525 g/mol. The number of benzene rings is 2. The third-order valence-corrected chi connectivity index (χ3v) is 11.1. The molecule has 0 spiro atoms. The number of alkyl halides is 3. The Morgan fingerprint density at radius 1 is 0.972 bits per heavy atom. The van der Waals surface area contributed by atoms with Crippen LogP contribution < -0.4 is 15.7 Å². The third kappa shape index (κ3) is 7.10. The number of carbonyl (C=O) groups is 2. The molecule has 2 N–H and O–H groups in total. The number of rotatable bonds is 10. The Kier molecular flexibility index (Phi) is 9.73. The van der Waals surface area contributed by atoms with E-state index in [1.54, 1.807) is 13.8 Å². The van der Waals surface area contributed by atoms with E-state index in [4.69, 9.17) is 4.43 Å². The number of hydrogen-bond acceptors (Lipinski definition) is 3. The molecule has 0 saturated carbocycles. The van der Waals surface area contributed by atoms with Gasteiger partial charge in [-0.2, -0.15) is 13.2 Å². The number of amides is 2. The highest BCUT2D eigenvalue weighted by molar-refractivity contribution is 6.99. The van der Waals surface area contributed by atoms with Crippen LogP contribution in [0, 0.1) is 0 Å². The van der Waals surface area contributed by atoms with Crippen molar-refractivity contribution in [2.45, 2.75) is 64.3 Å². The van der Waals surface area contributed by atoms with Crippen LogP contribution in [0.25, 0.3) is 0 Å². The molecule has 0 aromatic heterocycles. The Labute approximate surface area is 211 Å². The second kappa shape index (κ2) is 11.9. The van der Waals surface area contributed by atoms with Crippen LogP contribution in [0.3, 0.4) is 0 Å². The van der Waals surface area contributed by atoms with Gasteiger partial charge in [0.15, 0.2) is 0 Å². The van der Waals surface area contributed by atoms with Gasteiger partial charge in [-0.05, 0) is 35.7 Å². The van der Waals surface area contributed by atoms with E-state index in [1.807, 2.05) is 86.8 Å². The highest BCUT2D eigenvalue weighted by atomic mass is 28.4. The molecule has 2 amide bonds. The van der Waals surface area contributed by atoms with Crippen LogP contribution in [0.1, 0.15) is 41.0 Å². The normalized spacial score (nSPS) is 13.4. The number of carbonyl (C=O) groups excluding carboxylic acids is 1. The van der Waals surface area contributed by atoms with E-state index in [9.17, 15) is 27.9 Å². The summed E-state index contributed by atoms with van der Waals surface area (Å²) in [6.07, 6.45) is -6.29. The van der Waals surface area contributed by atoms with Gasteiger partial charge in [0.1, 0.15) is 0 Å². The van der Waals surface area contributed by atoms with E-state index in [-0.39, 0.29) is 25.6 Å². The van der Waals surface area contributed by atoms with E-state index in [0.717, 1.165) is 15.3 Å². The van der Waals surface area contributed by atoms with Crippen molar-refractivity contribution in [3.63, 3.8) is 0 Å². The van der Waals surface area contributed by atoms with Gasteiger partial charge in [-0.25, -0.2) is 4.79 Å². The van der Waals surface area contributed by atoms with Gasteiger partial charge in [0.05, 0.1) is 12.6 Å². The summed E-state index contributed by atoms with van der Waals surface area (Å²) in [5, 5.41) is 13.0. The number of halogens is 3. The van der Waals surface area contributed by atoms with E-state index in [2.05, 4.69) is 0 Å². The molecule has 0 unspecified atom stereocenters. The molecule has 0 radical (unpaired) electrons. The number of hydrogen-bond donors (Lipinski definition) is 2. The van der Waals surface area contributed by atoms with Gasteiger partial charge in [0.2, 0.25) is 0 Å². The Morgan fingerprint density at radius 2 is 1.44 bits per heavy atom. The molecule has 0 aliphatic rings. The Balaban J connectivity index is 2.47. The fraction of sp³-hybridized carbons (Fsp3) is 0.462. The molecule has 0 fully saturated rings. The predicted molar refractivity (Wildman–Crippen MR) is 136 cm³/mol. The maximum atomic E-state index is 13.1. The first kappa shape index (κ1) is 29.4. The summed E-state index contributed by atoms with van der Waals surface area (Å²) < 4.78 is 46.0. The zero-order chi connectivity index (χ0) is 27.1. The van der Waals surface area contributed by atoms with E-state index >= 15 is 0 Å². The van der Waals surface area contributed by atoms with Gasteiger partial charge < -0.3 is 19.7 Å². The molecule has 1 atom stereocenters. The van der Waals surface area contributed by atoms with Crippen LogP contribution in [0.2, 0.25) is 5.04 Å². The molecule has 0 saturated heterocycles. The molecule has 0 bridgehead atoms. The Hall–Kier alpha value is -2.85. The first-order valence-electron chi connectivity index (χ1n) is 11.8. The van der Waals surface area contributed by atoms with Gasteiger partial charge in [-0.15, -0.1) is 0 Å². The lowest BCUT2D eigenvalue weighted by Crippen LogP contribution is -2.67. The molecular weight excluding hydrogens is 489 g/mol. The van der Waals surface area contributed by atoms with Crippen LogP contribution in [0.4, 0.5) is 18.0 Å². The zero-order valence-electron chi connectivity index (χ0n) is 21.3. The van der Waals surface area contributed by atoms with Crippen LogP contribution >= 0.6 is 0 Å². The minimum Gasteiger partial charge on any atom is -0.465 e. The summed E-state index contributed by atoms with van der Waals surface area (Å²) in [6, 6.07) is 17.7. The molecule has 6 nitrogen and oxygen atoms in total. The SMILES string of the molecule is CC(C)N(CC[C@@H](CO[Si](c1ccccc1)(c1ccccc1)C(C)(C)C)NC(=O)C(F)(F)F)C(=O)O. The van der Waals surface area contributed by atoms with E-state index in [1.165, 1.54) is 0 Å². The molecule has 198 valence electrons. The van der Waals surface area contributed by atoms with Crippen LogP contribution in [0.15, 0.2) is 60.7 Å². The largest absolute Gasteiger partial charge is 0.471 e. The van der Waals surface area contributed by atoms with Crippen molar-refractivity contribution in [3.05, 3.63) is 60.7 Å². The monoisotopic (exact) mass is 524 g/mol. The highest BCUT2D eigenvalue weighted by Gasteiger charge is 2.50. The molecular formula is C26H35F3N2O4Si. The van der Waals surface area contributed by atoms with Crippen molar-refractivity contribution in [3.8, 4) is 0 Å². The van der Waals surface area contributed by atoms with Crippen LogP contribution in [-0.4, -0.2) is 61.7 Å². The van der Waals surface area contributed by atoms with Gasteiger partial charge in [-0.1, -0.05) is 81.4 Å². The molecule has 0 heterocycles. The molecule has 2 aromatic rings. The van der Waals surface area contributed by atoms with Crippen molar-refractivity contribution >= 4 is 30.7 Å². The van der Waals surface area contributed by atoms with Gasteiger partial charge >= 0.3 is 18.2 Å². The number of nitrogens with zero attached hydrogens (tertiary/aromatic N) is 1. The summed E-state index contributed by atoms with van der Waals surface area (Å²) >= 11 is 0. The molecule has 36 heavy (non-hydrogen) atoms. The summed E-state index contributed by atoms with van der Waals surface area (Å²) in [6.45, 7) is 9.20. The maximum Gasteiger partial charge on any atom is 0.471 e. The number of nitrogens with one attached hydrogen (secondary N) is 1. The minimum atomic E-state index is -5.07. The molecule has 0 aliphatic heterocycles.